The summed E-state index contributed by atoms with van der Waals surface area (Å²) in [6.45, 7) is 6.28. The molecule has 0 spiro atoms. The topological polar surface area (TPSA) is 74.0 Å². The number of aliphatic imine (C=N–C) groups is 1. The minimum absolute atomic E-state index is 0.126. The van der Waals surface area contributed by atoms with Gasteiger partial charge in [-0.2, -0.15) is 0 Å². The van der Waals surface area contributed by atoms with E-state index in [4.69, 9.17) is 0 Å². The summed E-state index contributed by atoms with van der Waals surface area (Å²) >= 11 is 0. The summed E-state index contributed by atoms with van der Waals surface area (Å²) in [4.78, 5) is 19.8. The van der Waals surface area contributed by atoms with Crippen molar-refractivity contribution in [2.24, 2.45) is 10.9 Å². The summed E-state index contributed by atoms with van der Waals surface area (Å²) in [5.74, 6) is 1.59. The molecule has 0 amide bonds. The van der Waals surface area contributed by atoms with Gasteiger partial charge in [0.2, 0.25) is 0 Å². The van der Waals surface area contributed by atoms with E-state index in [-0.39, 0.29) is 10.6 Å². The Morgan fingerprint density at radius 1 is 1.36 bits per heavy atom. The zero-order chi connectivity index (χ0) is 17.6. The van der Waals surface area contributed by atoms with Crippen molar-refractivity contribution in [3.05, 3.63) is 39.9 Å². The van der Waals surface area contributed by atoms with Crippen molar-refractivity contribution < 1.29 is 4.92 Å². The summed E-state index contributed by atoms with van der Waals surface area (Å²) in [7, 11) is 1.80. The minimum atomic E-state index is -0.359. The fraction of sp³-hybridized carbons (Fsp3) is 0.611. The molecule has 1 aromatic rings. The lowest BCUT2D eigenvalue weighted by Gasteiger charge is -2.23. The first-order valence-electron chi connectivity index (χ1n) is 9.07. The van der Waals surface area contributed by atoms with Gasteiger partial charge in [-0.25, -0.2) is 0 Å². The molecule has 1 atom stereocenters. The highest BCUT2D eigenvalue weighted by Crippen LogP contribution is 2.20. The number of hydrogen-bond acceptors (Lipinski definition) is 4. The number of hydrogen-bond donors (Lipinski definition) is 1. The number of likely N-dealkylation sites (tertiary alicyclic amines) is 2. The number of guanidine groups is 1. The molecule has 2 fully saturated rings. The smallest absolute Gasteiger partial charge is 0.269 e. The van der Waals surface area contributed by atoms with Crippen LogP contribution < -0.4 is 5.32 Å². The largest absolute Gasteiger partial charge is 0.352 e. The predicted octanol–water partition coefficient (Wildman–Crippen LogP) is 2.09. The van der Waals surface area contributed by atoms with Gasteiger partial charge < -0.3 is 15.1 Å². The Hall–Kier alpha value is -2.15. The molecule has 2 aliphatic rings. The Morgan fingerprint density at radius 3 is 2.88 bits per heavy atom. The number of nitro benzene ring substituents is 1. The lowest BCUT2D eigenvalue weighted by molar-refractivity contribution is -0.384. The van der Waals surface area contributed by atoms with E-state index >= 15 is 0 Å². The molecule has 0 radical (unpaired) electrons. The van der Waals surface area contributed by atoms with E-state index < -0.39 is 0 Å². The van der Waals surface area contributed by atoms with Crippen molar-refractivity contribution in [3.8, 4) is 0 Å². The van der Waals surface area contributed by atoms with Crippen molar-refractivity contribution in [2.45, 2.75) is 25.8 Å². The van der Waals surface area contributed by atoms with Crippen LogP contribution in [0.3, 0.4) is 0 Å². The van der Waals surface area contributed by atoms with Crippen LogP contribution in [0.2, 0.25) is 0 Å². The average Bonchev–Trinajstić information content (AvgIpc) is 3.28. The van der Waals surface area contributed by atoms with Crippen LogP contribution in [-0.2, 0) is 6.54 Å². The van der Waals surface area contributed by atoms with Crippen LogP contribution in [0.4, 0.5) is 5.69 Å². The van der Waals surface area contributed by atoms with Gasteiger partial charge in [-0.1, -0.05) is 12.1 Å². The van der Waals surface area contributed by atoms with Crippen LogP contribution >= 0.6 is 0 Å². The van der Waals surface area contributed by atoms with Crippen LogP contribution in [0.15, 0.2) is 29.3 Å². The molecule has 1 unspecified atom stereocenters. The molecule has 7 nitrogen and oxygen atoms in total. The van der Waals surface area contributed by atoms with E-state index in [9.17, 15) is 10.1 Å². The van der Waals surface area contributed by atoms with Crippen LogP contribution in [0.25, 0.3) is 0 Å². The SMILES string of the molecule is CN=C(NCc1cccc([N+](=O)[O-])c1)N1CCC(CN2CCCC2)C1. The van der Waals surface area contributed by atoms with Gasteiger partial charge in [-0.15, -0.1) is 0 Å². The summed E-state index contributed by atoms with van der Waals surface area (Å²) < 4.78 is 0. The maximum absolute atomic E-state index is 10.9. The molecule has 25 heavy (non-hydrogen) atoms. The van der Waals surface area contributed by atoms with Gasteiger partial charge in [-0.05, 0) is 43.8 Å². The molecule has 2 aliphatic heterocycles. The maximum atomic E-state index is 10.9. The molecule has 136 valence electrons. The Kier molecular flexibility index (Phi) is 5.86. The van der Waals surface area contributed by atoms with E-state index in [1.54, 1.807) is 19.2 Å². The highest BCUT2D eigenvalue weighted by molar-refractivity contribution is 5.80. The molecule has 7 heteroatoms. The number of benzene rings is 1. The Labute approximate surface area is 148 Å². The van der Waals surface area contributed by atoms with Crippen LogP contribution in [-0.4, -0.2) is 60.5 Å². The normalized spacial score (nSPS) is 21.7. The molecule has 1 aromatic carbocycles. The second-order valence-electron chi connectivity index (χ2n) is 6.94. The summed E-state index contributed by atoms with van der Waals surface area (Å²) in [6.07, 6.45) is 3.87. The molecule has 3 rings (SSSR count). The van der Waals surface area contributed by atoms with Crippen LogP contribution in [0, 0.1) is 16.0 Å². The van der Waals surface area contributed by atoms with Crippen molar-refractivity contribution >= 4 is 11.6 Å². The third kappa shape index (κ3) is 4.69. The lowest BCUT2D eigenvalue weighted by Crippen LogP contribution is -2.40. The third-order valence-corrected chi connectivity index (χ3v) is 5.08. The van der Waals surface area contributed by atoms with Gasteiger partial charge in [0.15, 0.2) is 5.96 Å². The van der Waals surface area contributed by atoms with Gasteiger partial charge >= 0.3 is 0 Å². The van der Waals surface area contributed by atoms with E-state index in [1.807, 2.05) is 6.07 Å². The van der Waals surface area contributed by atoms with Crippen molar-refractivity contribution in [1.82, 2.24) is 15.1 Å². The zero-order valence-corrected chi connectivity index (χ0v) is 14.9. The van der Waals surface area contributed by atoms with Crippen molar-refractivity contribution in [2.75, 3.05) is 39.8 Å². The first-order valence-corrected chi connectivity index (χ1v) is 9.07. The summed E-state index contributed by atoms with van der Waals surface area (Å²) in [5.41, 5.74) is 1.02. The van der Waals surface area contributed by atoms with Crippen LogP contribution in [0.5, 0.6) is 0 Å². The second kappa shape index (κ2) is 8.29. The van der Waals surface area contributed by atoms with Gasteiger partial charge in [0.25, 0.3) is 5.69 Å². The molecule has 0 bridgehead atoms. The monoisotopic (exact) mass is 345 g/mol. The predicted molar refractivity (Wildman–Crippen MR) is 98.6 cm³/mol. The van der Waals surface area contributed by atoms with Crippen molar-refractivity contribution in [3.63, 3.8) is 0 Å². The third-order valence-electron chi connectivity index (χ3n) is 5.08. The molecule has 2 saturated heterocycles. The standard InChI is InChI=1S/C18H27N5O2/c1-19-18(20-12-15-5-4-6-17(11-15)23(24)25)22-10-7-16(14-22)13-21-8-2-3-9-21/h4-6,11,16H,2-3,7-10,12-14H2,1H3,(H,19,20). The van der Waals surface area contributed by atoms with E-state index in [0.29, 0.717) is 12.5 Å². The minimum Gasteiger partial charge on any atom is -0.352 e. The zero-order valence-electron chi connectivity index (χ0n) is 14.9. The Bertz CT molecular complexity index is 628. The summed E-state index contributed by atoms with van der Waals surface area (Å²) in [6, 6.07) is 6.75. The van der Waals surface area contributed by atoms with Gasteiger partial charge in [0, 0.05) is 45.4 Å². The fourth-order valence-corrected chi connectivity index (χ4v) is 3.80. The quantitative estimate of drug-likeness (QED) is 0.383. The Morgan fingerprint density at radius 2 is 2.16 bits per heavy atom. The molecule has 2 heterocycles. The van der Waals surface area contributed by atoms with Gasteiger partial charge in [0.1, 0.15) is 0 Å². The highest BCUT2D eigenvalue weighted by atomic mass is 16.6. The average molecular weight is 345 g/mol. The van der Waals surface area contributed by atoms with E-state index in [0.717, 1.165) is 24.6 Å². The Balaban J connectivity index is 1.51. The lowest BCUT2D eigenvalue weighted by atomic mass is 10.1. The fourth-order valence-electron chi connectivity index (χ4n) is 3.80. The first kappa shape index (κ1) is 17.7. The number of nitrogens with one attached hydrogen (secondary N) is 1. The van der Waals surface area contributed by atoms with Gasteiger partial charge in [0.05, 0.1) is 4.92 Å². The molecule has 0 aromatic heterocycles. The number of nitro groups is 1. The molecular formula is C18H27N5O2. The second-order valence-corrected chi connectivity index (χ2v) is 6.94. The van der Waals surface area contributed by atoms with Gasteiger partial charge in [-0.3, -0.25) is 15.1 Å². The molecule has 1 N–H and O–H groups in total. The molecule has 0 aliphatic carbocycles. The van der Waals surface area contributed by atoms with Crippen LogP contribution in [0.1, 0.15) is 24.8 Å². The number of non-ortho nitro benzene ring substituents is 1. The maximum Gasteiger partial charge on any atom is 0.269 e. The first-order chi connectivity index (χ1) is 12.2. The number of nitrogens with zero attached hydrogens (tertiary/aromatic N) is 4. The van der Waals surface area contributed by atoms with E-state index in [2.05, 4.69) is 20.1 Å². The number of rotatable bonds is 5. The summed E-state index contributed by atoms with van der Waals surface area (Å²) in [5, 5.41) is 14.2. The molecule has 0 saturated carbocycles. The van der Waals surface area contributed by atoms with E-state index in [1.165, 1.54) is 45.0 Å². The molecular weight excluding hydrogens is 318 g/mol. The highest BCUT2D eigenvalue weighted by Gasteiger charge is 2.27. The van der Waals surface area contributed by atoms with Crippen molar-refractivity contribution in [1.29, 1.82) is 0 Å².